The lowest BCUT2D eigenvalue weighted by molar-refractivity contribution is -0.755. The number of halogens is 3. The summed E-state index contributed by atoms with van der Waals surface area (Å²) in [6, 6.07) is 0. The summed E-state index contributed by atoms with van der Waals surface area (Å²) in [5.41, 5.74) is 0. The first-order chi connectivity index (χ1) is 7.14. The number of carboxylic acids is 1. The SMILES string of the molecule is CC(O)[n+]1ccn(C)c1.O=C([O-])C(F)(F)F. The summed E-state index contributed by atoms with van der Waals surface area (Å²) < 4.78 is 35.2. The van der Waals surface area contributed by atoms with Crippen LogP contribution >= 0.6 is 0 Å². The van der Waals surface area contributed by atoms with Gasteiger partial charge >= 0.3 is 6.18 Å². The van der Waals surface area contributed by atoms with Crippen LogP contribution in [-0.2, 0) is 11.8 Å². The second-order valence-electron chi connectivity index (χ2n) is 2.94. The van der Waals surface area contributed by atoms with Gasteiger partial charge in [0.05, 0.1) is 7.05 Å². The Morgan fingerprint density at radius 3 is 2.12 bits per heavy atom. The fraction of sp³-hybridized carbons (Fsp3) is 0.500. The second-order valence-corrected chi connectivity index (χ2v) is 2.94. The molecule has 1 unspecified atom stereocenters. The van der Waals surface area contributed by atoms with Crippen LogP contribution in [0.1, 0.15) is 13.2 Å². The summed E-state index contributed by atoms with van der Waals surface area (Å²) in [5, 5.41) is 17.8. The highest BCUT2D eigenvalue weighted by atomic mass is 19.4. The van der Waals surface area contributed by atoms with Gasteiger partial charge < -0.3 is 15.0 Å². The number of carboxylic acid groups (broad SMARTS) is 1. The molecule has 0 aliphatic rings. The molecule has 8 heteroatoms. The van der Waals surface area contributed by atoms with Gasteiger partial charge in [0, 0.05) is 6.92 Å². The number of aliphatic hydroxyl groups is 1. The third-order valence-electron chi connectivity index (χ3n) is 1.45. The van der Waals surface area contributed by atoms with E-state index in [0.29, 0.717) is 0 Å². The average Bonchev–Trinajstić information content (AvgIpc) is 2.51. The van der Waals surface area contributed by atoms with Crippen molar-refractivity contribution < 1.29 is 32.7 Å². The van der Waals surface area contributed by atoms with E-state index < -0.39 is 18.4 Å². The molecule has 1 N–H and O–H groups in total. The van der Waals surface area contributed by atoms with E-state index in [1.54, 1.807) is 11.5 Å². The number of imidazole rings is 1. The van der Waals surface area contributed by atoms with Crippen molar-refractivity contribution in [2.24, 2.45) is 7.05 Å². The zero-order valence-corrected chi connectivity index (χ0v) is 8.60. The number of aliphatic hydroxyl groups excluding tert-OH is 1. The van der Waals surface area contributed by atoms with Crippen LogP contribution in [-0.4, -0.2) is 21.8 Å². The van der Waals surface area contributed by atoms with Gasteiger partial charge in [-0.25, -0.2) is 9.13 Å². The Labute approximate surface area is 89.4 Å². The zero-order valence-electron chi connectivity index (χ0n) is 8.60. The van der Waals surface area contributed by atoms with E-state index >= 15 is 0 Å². The van der Waals surface area contributed by atoms with Crippen LogP contribution in [0.2, 0.25) is 0 Å². The van der Waals surface area contributed by atoms with E-state index in [-0.39, 0.29) is 0 Å². The number of alkyl halides is 3. The summed E-state index contributed by atoms with van der Waals surface area (Å²) >= 11 is 0. The molecule has 0 saturated heterocycles. The van der Waals surface area contributed by atoms with E-state index in [2.05, 4.69) is 0 Å². The molecule has 16 heavy (non-hydrogen) atoms. The highest BCUT2D eigenvalue weighted by Gasteiger charge is 2.28. The van der Waals surface area contributed by atoms with Crippen LogP contribution in [0.5, 0.6) is 0 Å². The fourth-order valence-corrected chi connectivity index (χ4v) is 0.690. The van der Waals surface area contributed by atoms with E-state index in [1.165, 1.54) is 0 Å². The number of rotatable bonds is 1. The quantitative estimate of drug-likeness (QED) is 0.648. The Morgan fingerprint density at radius 2 is 2.00 bits per heavy atom. The van der Waals surface area contributed by atoms with Gasteiger partial charge in [-0.3, -0.25) is 0 Å². The smallest absolute Gasteiger partial charge is 0.430 e. The predicted octanol–water partition coefficient (Wildman–Crippen LogP) is -0.878. The Morgan fingerprint density at radius 1 is 1.56 bits per heavy atom. The molecular weight excluding hydrogens is 229 g/mol. The van der Waals surface area contributed by atoms with Crippen molar-refractivity contribution in [3.63, 3.8) is 0 Å². The van der Waals surface area contributed by atoms with Crippen molar-refractivity contribution in [1.29, 1.82) is 0 Å². The highest BCUT2D eigenvalue weighted by molar-refractivity contribution is 5.70. The average molecular weight is 240 g/mol. The fourth-order valence-electron chi connectivity index (χ4n) is 0.690. The molecule has 5 nitrogen and oxygen atoms in total. The molecule has 1 aromatic heterocycles. The third-order valence-corrected chi connectivity index (χ3v) is 1.45. The lowest BCUT2D eigenvalue weighted by Gasteiger charge is -2.03. The van der Waals surface area contributed by atoms with E-state index in [1.807, 2.05) is 30.3 Å². The molecule has 0 aromatic carbocycles. The Bertz CT molecular complexity index is 347. The molecular formula is C8H11F3N2O3. The first-order valence-corrected chi connectivity index (χ1v) is 4.13. The highest BCUT2D eigenvalue weighted by Crippen LogP contribution is 2.11. The minimum atomic E-state index is -5.19. The molecule has 92 valence electrons. The third kappa shape index (κ3) is 5.35. The van der Waals surface area contributed by atoms with Crippen LogP contribution in [0.4, 0.5) is 13.2 Å². The summed E-state index contributed by atoms with van der Waals surface area (Å²) in [7, 11) is 1.92. The van der Waals surface area contributed by atoms with Crippen LogP contribution in [0.25, 0.3) is 0 Å². The summed E-state index contributed by atoms with van der Waals surface area (Å²) in [5.74, 6) is -3.01. The first kappa shape index (κ1) is 14.4. The molecule has 0 aliphatic carbocycles. The monoisotopic (exact) mass is 240 g/mol. The molecule has 1 heterocycles. The predicted molar refractivity (Wildman–Crippen MR) is 43.6 cm³/mol. The lowest BCUT2D eigenvalue weighted by atomic mass is 10.6. The number of aryl methyl sites for hydroxylation is 1. The molecule has 0 bridgehead atoms. The first-order valence-electron chi connectivity index (χ1n) is 4.13. The number of nitrogens with zero attached hydrogens (tertiary/aromatic N) is 2. The Hall–Kier alpha value is -1.57. The van der Waals surface area contributed by atoms with Crippen molar-refractivity contribution >= 4 is 5.97 Å². The number of carbonyl (C=O) groups excluding carboxylic acids is 1. The maximum atomic E-state index is 10.5. The van der Waals surface area contributed by atoms with Gasteiger partial charge in [-0.1, -0.05) is 0 Å². The molecule has 0 saturated carbocycles. The van der Waals surface area contributed by atoms with Gasteiger partial charge in [0.2, 0.25) is 6.33 Å². The molecule has 0 spiro atoms. The number of carbonyl (C=O) groups is 1. The van der Waals surface area contributed by atoms with Gasteiger partial charge in [0.25, 0.3) is 0 Å². The Kier molecular flexibility index (Phi) is 4.96. The van der Waals surface area contributed by atoms with Crippen molar-refractivity contribution in [2.75, 3.05) is 0 Å². The molecule has 0 aliphatic heterocycles. The number of aromatic nitrogens is 2. The lowest BCUT2D eigenvalue weighted by Crippen LogP contribution is -2.37. The number of hydrogen-bond donors (Lipinski definition) is 1. The molecule has 0 amide bonds. The van der Waals surface area contributed by atoms with Crippen molar-refractivity contribution in [2.45, 2.75) is 19.3 Å². The van der Waals surface area contributed by atoms with Crippen molar-refractivity contribution in [3.05, 3.63) is 18.7 Å². The number of aliphatic carboxylic acids is 1. The van der Waals surface area contributed by atoms with Gasteiger partial charge in [0.1, 0.15) is 18.4 Å². The van der Waals surface area contributed by atoms with Crippen LogP contribution in [0.15, 0.2) is 18.7 Å². The summed E-state index contributed by atoms with van der Waals surface area (Å²) in [6.07, 6.45) is -0.0894. The zero-order chi connectivity index (χ0) is 12.9. The van der Waals surface area contributed by atoms with Crippen molar-refractivity contribution in [3.8, 4) is 0 Å². The van der Waals surface area contributed by atoms with Crippen molar-refractivity contribution in [1.82, 2.24) is 4.57 Å². The molecule has 1 atom stereocenters. The maximum Gasteiger partial charge on any atom is 0.430 e. The van der Waals surface area contributed by atoms with Gasteiger partial charge in [-0.2, -0.15) is 13.2 Å². The molecule has 1 aromatic rings. The maximum absolute atomic E-state index is 10.5. The minimum Gasteiger partial charge on any atom is -0.542 e. The van der Waals surface area contributed by atoms with Crippen LogP contribution < -0.4 is 9.67 Å². The topological polar surface area (TPSA) is 69.2 Å². The molecule has 0 fully saturated rings. The summed E-state index contributed by atoms with van der Waals surface area (Å²) in [6.45, 7) is 1.72. The van der Waals surface area contributed by atoms with E-state index in [0.717, 1.165) is 0 Å². The largest absolute Gasteiger partial charge is 0.542 e. The standard InChI is InChI=1S/C6H11N2O.C2HF3O2/c1-6(9)8-4-3-7(2)5-8;3-2(4,5)1(6)7/h3-6,9H,1-2H3;(H,6,7)/q+1;/p-1. The van der Waals surface area contributed by atoms with E-state index in [4.69, 9.17) is 15.0 Å². The van der Waals surface area contributed by atoms with Crippen LogP contribution in [0, 0.1) is 0 Å². The molecule has 0 radical (unpaired) electrons. The van der Waals surface area contributed by atoms with E-state index in [9.17, 15) is 13.2 Å². The van der Waals surface area contributed by atoms with Crippen LogP contribution in [0.3, 0.4) is 0 Å². The van der Waals surface area contributed by atoms with Gasteiger partial charge in [0.15, 0.2) is 6.23 Å². The molecule has 1 rings (SSSR count). The minimum absolute atomic E-state index is 0.425. The second kappa shape index (κ2) is 5.50. The van der Waals surface area contributed by atoms with Gasteiger partial charge in [-0.15, -0.1) is 0 Å². The normalized spacial score (nSPS) is 12.6. The Balaban J connectivity index is 0.000000293. The summed E-state index contributed by atoms with van der Waals surface area (Å²) in [4.78, 5) is 8.78. The van der Waals surface area contributed by atoms with Gasteiger partial charge in [-0.05, 0) is 0 Å². The number of hydrogen-bond acceptors (Lipinski definition) is 3.